The molecule has 0 saturated carbocycles. The summed E-state index contributed by atoms with van der Waals surface area (Å²) in [6.07, 6.45) is 1.43. The van der Waals surface area contributed by atoms with Crippen LogP contribution in [0.15, 0.2) is 12.1 Å². The summed E-state index contributed by atoms with van der Waals surface area (Å²) in [6, 6.07) is 3.44. The van der Waals surface area contributed by atoms with Crippen LogP contribution in [0.4, 0.5) is 0 Å². The van der Waals surface area contributed by atoms with Crippen LogP contribution < -0.4 is 9.47 Å². The monoisotopic (exact) mass is 228 g/mol. The van der Waals surface area contributed by atoms with Crippen LogP contribution in [-0.2, 0) is 6.42 Å². The SMILES string of the molecule is COc1cc(C=O)c(CCCl)cc1OC. The molecule has 0 aliphatic rings. The fourth-order valence-electron chi connectivity index (χ4n) is 1.36. The van der Waals surface area contributed by atoms with Gasteiger partial charge in [-0.05, 0) is 24.1 Å². The summed E-state index contributed by atoms with van der Waals surface area (Å²) in [5, 5.41) is 0. The number of ether oxygens (including phenoxy) is 2. The van der Waals surface area contributed by atoms with Crippen molar-refractivity contribution >= 4 is 17.9 Å². The van der Waals surface area contributed by atoms with Crippen LogP contribution in [0.1, 0.15) is 15.9 Å². The molecule has 4 heteroatoms. The normalized spacial score (nSPS) is 9.80. The van der Waals surface area contributed by atoms with Crippen molar-refractivity contribution in [3.05, 3.63) is 23.3 Å². The maximum absolute atomic E-state index is 10.8. The molecule has 0 unspecified atom stereocenters. The number of halogens is 1. The van der Waals surface area contributed by atoms with Gasteiger partial charge in [0.25, 0.3) is 0 Å². The smallest absolute Gasteiger partial charge is 0.161 e. The molecule has 0 amide bonds. The number of hydrogen-bond acceptors (Lipinski definition) is 3. The third-order valence-electron chi connectivity index (χ3n) is 2.14. The van der Waals surface area contributed by atoms with E-state index in [0.29, 0.717) is 29.4 Å². The van der Waals surface area contributed by atoms with Crippen LogP contribution in [0.25, 0.3) is 0 Å². The average molecular weight is 229 g/mol. The number of methoxy groups -OCH3 is 2. The largest absolute Gasteiger partial charge is 0.493 e. The van der Waals surface area contributed by atoms with E-state index in [1.54, 1.807) is 19.2 Å². The lowest BCUT2D eigenvalue weighted by Gasteiger charge is -2.11. The quantitative estimate of drug-likeness (QED) is 0.573. The van der Waals surface area contributed by atoms with Crippen molar-refractivity contribution in [2.45, 2.75) is 6.42 Å². The van der Waals surface area contributed by atoms with Gasteiger partial charge in [0.05, 0.1) is 14.2 Å². The first-order valence-corrected chi connectivity index (χ1v) is 5.06. The van der Waals surface area contributed by atoms with E-state index < -0.39 is 0 Å². The summed E-state index contributed by atoms with van der Waals surface area (Å²) in [7, 11) is 3.09. The Morgan fingerprint density at radius 1 is 1.27 bits per heavy atom. The number of rotatable bonds is 5. The Kier molecular flexibility index (Phi) is 4.43. The highest BCUT2D eigenvalue weighted by Crippen LogP contribution is 2.30. The van der Waals surface area contributed by atoms with Crippen LogP contribution in [0, 0.1) is 0 Å². The van der Waals surface area contributed by atoms with Crippen molar-refractivity contribution < 1.29 is 14.3 Å². The molecule has 0 bridgehead atoms. The highest BCUT2D eigenvalue weighted by molar-refractivity contribution is 6.18. The molecular formula is C11H13ClO3. The Hall–Kier alpha value is -1.22. The molecule has 82 valence electrons. The highest BCUT2D eigenvalue weighted by Gasteiger charge is 2.09. The predicted molar refractivity (Wildman–Crippen MR) is 59.4 cm³/mol. The van der Waals surface area contributed by atoms with E-state index in [4.69, 9.17) is 21.1 Å². The fraction of sp³-hybridized carbons (Fsp3) is 0.364. The summed E-state index contributed by atoms with van der Waals surface area (Å²) >= 11 is 5.65. The lowest BCUT2D eigenvalue weighted by atomic mass is 10.1. The van der Waals surface area contributed by atoms with Gasteiger partial charge >= 0.3 is 0 Å². The van der Waals surface area contributed by atoms with Crippen molar-refractivity contribution in [3.63, 3.8) is 0 Å². The summed E-state index contributed by atoms with van der Waals surface area (Å²) in [5.41, 5.74) is 1.46. The van der Waals surface area contributed by atoms with Crippen LogP contribution >= 0.6 is 11.6 Å². The first-order valence-electron chi connectivity index (χ1n) is 4.52. The van der Waals surface area contributed by atoms with Gasteiger partial charge in [0.1, 0.15) is 6.29 Å². The number of aryl methyl sites for hydroxylation is 1. The summed E-state index contributed by atoms with van der Waals surface area (Å²) in [5.74, 6) is 1.64. The second-order valence-corrected chi connectivity index (χ2v) is 3.34. The van der Waals surface area contributed by atoms with E-state index in [-0.39, 0.29) is 0 Å². The first-order chi connectivity index (χ1) is 7.26. The van der Waals surface area contributed by atoms with Gasteiger partial charge in [0, 0.05) is 11.4 Å². The van der Waals surface area contributed by atoms with Crippen molar-refractivity contribution in [3.8, 4) is 11.5 Å². The van der Waals surface area contributed by atoms with Gasteiger partial charge in [-0.15, -0.1) is 11.6 Å². The van der Waals surface area contributed by atoms with E-state index >= 15 is 0 Å². The van der Waals surface area contributed by atoms with Gasteiger partial charge in [-0.2, -0.15) is 0 Å². The zero-order valence-electron chi connectivity index (χ0n) is 8.75. The maximum Gasteiger partial charge on any atom is 0.161 e. The number of carbonyl (C=O) groups excluding carboxylic acids is 1. The molecule has 1 aromatic rings. The first kappa shape index (κ1) is 11.9. The van der Waals surface area contributed by atoms with E-state index in [9.17, 15) is 4.79 Å². The van der Waals surface area contributed by atoms with Crippen LogP contribution in [0.2, 0.25) is 0 Å². The molecule has 0 radical (unpaired) electrons. The molecule has 0 atom stereocenters. The highest BCUT2D eigenvalue weighted by atomic mass is 35.5. The Morgan fingerprint density at radius 3 is 2.33 bits per heavy atom. The van der Waals surface area contributed by atoms with E-state index in [2.05, 4.69) is 0 Å². The van der Waals surface area contributed by atoms with Gasteiger partial charge in [0.2, 0.25) is 0 Å². The lowest BCUT2D eigenvalue weighted by Crippen LogP contribution is -1.98. The second-order valence-electron chi connectivity index (χ2n) is 2.96. The van der Waals surface area contributed by atoms with Crippen molar-refractivity contribution in [1.82, 2.24) is 0 Å². The van der Waals surface area contributed by atoms with E-state index in [1.165, 1.54) is 7.11 Å². The predicted octanol–water partition coefficient (Wildman–Crippen LogP) is 2.30. The molecule has 0 aromatic heterocycles. The fourth-order valence-corrected chi connectivity index (χ4v) is 1.57. The molecule has 1 rings (SSSR count). The zero-order chi connectivity index (χ0) is 11.3. The molecular weight excluding hydrogens is 216 g/mol. The Balaban J connectivity index is 3.20. The standard InChI is InChI=1S/C11H13ClO3/c1-14-10-5-8(3-4-12)9(7-13)6-11(10)15-2/h5-7H,3-4H2,1-2H3. The summed E-state index contributed by atoms with van der Waals surface area (Å²) < 4.78 is 10.2. The third kappa shape index (κ3) is 2.63. The number of carbonyl (C=O) groups is 1. The molecule has 0 saturated heterocycles. The molecule has 0 aliphatic carbocycles. The topological polar surface area (TPSA) is 35.5 Å². The Morgan fingerprint density at radius 2 is 1.87 bits per heavy atom. The average Bonchev–Trinajstić information content (AvgIpc) is 2.28. The molecule has 15 heavy (non-hydrogen) atoms. The number of alkyl halides is 1. The third-order valence-corrected chi connectivity index (χ3v) is 2.33. The maximum atomic E-state index is 10.8. The molecule has 3 nitrogen and oxygen atoms in total. The van der Waals surface area contributed by atoms with E-state index in [1.807, 2.05) is 0 Å². The van der Waals surface area contributed by atoms with Crippen LogP contribution in [0.3, 0.4) is 0 Å². The van der Waals surface area contributed by atoms with Crippen molar-refractivity contribution in [2.75, 3.05) is 20.1 Å². The van der Waals surface area contributed by atoms with Crippen molar-refractivity contribution in [1.29, 1.82) is 0 Å². The van der Waals surface area contributed by atoms with Gasteiger partial charge in [-0.1, -0.05) is 0 Å². The minimum atomic E-state index is 0.469. The van der Waals surface area contributed by atoms with Gasteiger partial charge in [-0.25, -0.2) is 0 Å². The molecule has 0 spiro atoms. The molecule has 0 N–H and O–H groups in total. The zero-order valence-corrected chi connectivity index (χ0v) is 9.50. The van der Waals surface area contributed by atoms with Crippen LogP contribution in [0.5, 0.6) is 11.5 Å². The number of aldehydes is 1. The summed E-state index contributed by atoms with van der Waals surface area (Å²) in [6.45, 7) is 0. The number of hydrogen-bond donors (Lipinski definition) is 0. The van der Waals surface area contributed by atoms with Crippen LogP contribution in [-0.4, -0.2) is 26.4 Å². The molecule has 0 fully saturated rings. The Bertz CT molecular complexity index is 350. The molecule has 1 aromatic carbocycles. The van der Waals surface area contributed by atoms with E-state index in [0.717, 1.165) is 11.8 Å². The molecule has 0 heterocycles. The van der Waals surface area contributed by atoms with Crippen molar-refractivity contribution in [2.24, 2.45) is 0 Å². The minimum absolute atomic E-state index is 0.469. The Labute approximate surface area is 93.9 Å². The minimum Gasteiger partial charge on any atom is -0.493 e. The number of benzene rings is 1. The van der Waals surface area contributed by atoms with Gasteiger partial charge in [-0.3, -0.25) is 4.79 Å². The van der Waals surface area contributed by atoms with Gasteiger partial charge in [0.15, 0.2) is 11.5 Å². The molecule has 0 aliphatic heterocycles. The summed E-state index contributed by atoms with van der Waals surface area (Å²) in [4.78, 5) is 10.8. The second kappa shape index (κ2) is 5.61. The van der Waals surface area contributed by atoms with Gasteiger partial charge < -0.3 is 9.47 Å². The lowest BCUT2D eigenvalue weighted by molar-refractivity contribution is 0.112.